The van der Waals surface area contributed by atoms with Crippen LogP contribution >= 0.6 is 0 Å². The lowest BCUT2D eigenvalue weighted by Crippen LogP contribution is -2.58. The molecule has 142 valence electrons. The number of hydrogen-bond acceptors (Lipinski definition) is 5. The number of carbonyl (C=O) groups is 3. The van der Waals surface area contributed by atoms with Gasteiger partial charge in [0.25, 0.3) is 5.91 Å². The molecule has 0 saturated carbocycles. The minimum atomic E-state index is -0.890. The number of benzene rings is 1. The summed E-state index contributed by atoms with van der Waals surface area (Å²) < 4.78 is 10.5. The van der Waals surface area contributed by atoms with Crippen molar-refractivity contribution in [2.45, 2.75) is 19.4 Å². The maximum atomic E-state index is 12.6. The number of ether oxygens (including phenoxy) is 1. The van der Waals surface area contributed by atoms with Gasteiger partial charge in [-0.3, -0.25) is 14.4 Å². The standard InChI is InChI=1S/C19H21N3O5/c1-2-26-14-7-5-13(6-8-14)21-17(23)12-15-18(24)20-9-10-22(15)19(25)16-4-3-11-27-16/h3-8,11,15H,2,9-10,12H2,1H3,(H,20,24)(H,21,23). The Morgan fingerprint density at radius 1 is 1.30 bits per heavy atom. The molecule has 2 heterocycles. The smallest absolute Gasteiger partial charge is 0.290 e. The summed E-state index contributed by atoms with van der Waals surface area (Å²) in [6, 6.07) is 9.18. The van der Waals surface area contributed by atoms with E-state index in [1.54, 1.807) is 30.3 Å². The molecule has 1 aromatic carbocycles. The van der Waals surface area contributed by atoms with Gasteiger partial charge in [-0.05, 0) is 43.3 Å². The first kappa shape index (κ1) is 18.5. The fraction of sp³-hybridized carbons (Fsp3) is 0.316. The van der Waals surface area contributed by atoms with E-state index in [9.17, 15) is 14.4 Å². The summed E-state index contributed by atoms with van der Waals surface area (Å²) in [6.45, 7) is 3.09. The fourth-order valence-corrected chi connectivity index (χ4v) is 2.89. The van der Waals surface area contributed by atoms with Crippen molar-refractivity contribution >= 4 is 23.4 Å². The first-order valence-corrected chi connectivity index (χ1v) is 8.73. The van der Waals surface area contributed by atoms with Gasteiger partial charge in [-0.1, -0.05) is 0 Å². The highest BCUT2D eigenvalue weighted by molar-refractivity contribution is 6.00. The molecular weight excluding hydrogens is 350 g/mol. The van der Waals surface area contributed by atoms with E-state index in [1.807, 2.05) is 6.92 Å². The van der Waals surface area contributed by atoms with Crippen molar-refractivity contribution in [2.75, 3.05) is 25.0 Å². The van der Waals surface area contributed by atoms with Crippen molar-refractivity contribution < 1.29 is 23.5 Å². The maximum absolute atomic E-state index is 12.6. The molecule has 3 rings (SSSR count). The lowest BCUT2D eigenvalue weighted by Gasteiger charge is -2.34. The fourth-order valence-electron chi connectivity index (χ4n) is 2.89. The quantitative estimate of drug-likeness (QED) is 0.804. The van der Waals surface area contributed by atoms with Crippen molar-refractivity contribution in [1.82, 2.24) is 10.2 Å². The summed E-state index contributed by atoms with van der Waals surface area (Å²) in [5.74, 6) is -0.283. The van der Waals surface area contributed by atoms with Gasteiger partial charge in [-0.15, -0.1) is 0 Å². The molecule has 1 aromatic heterocycles. The molecule has 2 N–H and O–H groups in total. The Labute approximate surface area is 156 Å². The van der Waals surface area contributed by atoms with Gasteiger partial charge in [0.05, 0.1) is 19.3 Å². The summed E-state index contributed by atoms with van der Waals surface area (Å²) in [7, 11) is 0. The lowest BCUT2D eigenvalue weighted by atomic mass is 10.1. The van der Waals surface area contributed by atoms with Crippen LogP contribution in [-0.2, 0) is 9.59 Å². The molecule has 0 radical (unpaired) electrons. The van der Waals surface area contributed by atoms with Gasteiger partial charge in [0.1, 0.15) is 11.8 Å². The molecule has 8 heteroatoms. The van der Waals surface area contributed by atoms with Gasteiger partial charge in [0.15, 0.2) is 5.76 Å². The van der Waals surface area contributed by atoms with Gasteiger partial charge in [0, 0.05) is 18.8 Å². The van der Waals surface area contributed by atoms with Crippen LogP contribution in [0.1, 0.15) is 23.9 Å². The number of hydrogen-bond donors (Lipinski definition) is 2. The molecule has 1 aliphatic heterocycles. The van der Waals surface area contributed by atoms with Crippen LogP contribution in [0.3, 0.4) is 0 Å². The third-order valence-corrected chi connectivity index (χ3v) is 4.15. The molecule has 0 bridgehead atoms. The van der Waals surface area contributed by atoms with E-state index in [0.29, 0.717) is 31.1 Å². The van der Waals surface area contributed by atoms with E-state index < -0.39 is 11.9 Å². The van der Waals surface area contributed by atoms with Crippen LogP contribution in [-0.4, -0.2) is 48.4 Å². The predicted octanol–water partition coefficient (Wildman–Crippen LogP) is 1.65. The zero-order valence-electron chi connectivity index (χ0n) is 14.9. The molecule has 2 aromatic rings. The molecule has 1 atom stereocenters. The monoisotopic (exact) mass is 371 g/mol. The maximum Gasteiger partial charge on any atom is 0.290 e. The molecule has 0 aliphatic carbocycles. The highest BCUT2D eigenvalue weighted by atomic mass is 16.5. The van der Waals surface area contributed by atoms with Crippen molar-refractivity contribution in [1.29, 1.82) is 0 Å². The van der Waals surface area contributed by atoms with E-state index in [0.717, 1.165) is 0 Å². The molecule has 3 amide bonds. The lowest BCUT2D eigenvalue weighted by molar-refractivity contribution is -0.131. The average molecular weight is 371 g/mol. The molecule has 1 unspecified atom stereocenters. The third kappa shape index (κ3) is 4.46. The number of nitrogens with one attached hydrogen (secondary N) is 2. The van der Waals surface area contributed by atoms with Crippen LogP contribution in [0.25, 0.3) is 0 Å². The summed E-state index contributed by atoms with van der Waals surface area (Å²) >= 11 is 0. The van der Waals surface area contributed by atoms with E-state index >= 15 is 0 Å². The topological polar surface area (TPSA) is 101 Å². The summed E-state index contributed by atoms with van der Waals surface area (Å²) in [4.78, 5) is 38.6. The Hall–Kier alpha value is -3.29. The Bertz CT molecular complexity index is 801. The summed E-state index contributed by atoms with van der Waals surface area (Å²) in [5.41, 5.74) is 0.587. The van der Waals surface area contributed by atoms with Crippen LogP contribution in [0, 0.1) is 0 Å². The number of piperazine rings is 1. The molecular formula is C19H21N3O5. The Balaban J connectivity index is 1.66. The van der Waals surface area contributed by atoms with Crippen molar-refractivity contribution in [2.24, 2.45) is 0 Å². The van der Waals surface area contributed by atoms with E-state index in [-0.39, 0.29) is 24.0 Å². The van der Waals surface area contributed by atoms with Crippen molar-refractivity contribution in [3.05, 3.63) is 48.4 Å². The molecule has 1 saturated heterocycles. The van der Waals surface area contributed by atoms with Gasteiger partial charge < -0.3 is 24.7 Å². The van der Waals surface area contributed by atoms with E-state index in [1.165, 1.54) is 17.2 Å². The number of carbonyl (C=O) groups excluding carboxylic acids is 3. The van der Waals surface area contributed by atoms with Crippen LogP contribution < -0.4 is 15.4 Å². The number of rotatable bonds is 6. The number of amides is 3. The SMILES string of the molecule is CCOc1ccc(NC(=O)CC2C(=O)NCCN2C(=O)c2ccco2)cc1. The highest BCUT2D eigenvalue weighted by Crippen LogP contribution is 2.18. The molecule has 8 nitrogen and oxygen atoms in total. The molecule has 1 aliphatic rings. The number of nitrogens with zero attached hydrogens (tertiary/aromatic N) is 1. The predicted molar refractivity (Wildman–Crippen MR) is 97.4 cm³/mol. The third-order valence-electron chi connectivity index (χ3n) is 4.15. The van der Waals surface area contributed by atoms with Crippen LogP contribution in [0.15, 0.2) is 47.1 Å². The first-order chi connectivity index (χ1) is 13.1. The second-order valence-corrected chi connectivity index (χ2v) is 5.99. The second-order valence-electron chi connectivity index (χ2n) is 5.99. The molecule has 1 fully saturated rings. The van der Waals surface area contributed by atoms with Crippen LogP contribution in [0.2, 0.25) is 0 Å². The highest BCUT2D eigenvalue weighted by Gasteiger charge is 2.36. The minimum absolute atomic E-state index is 0.140. The Morgan fingerprint density at radius 2 is 2.07 bits per heavy atom. The van der Waals surface area contributed by atoms with Crippen molar-refractivity contribution in [3.8, 4) is 5.75 Å². The van der Waals surface area contributed by atoms with E-state index in [4.69, 9.17) is 9.15 Å². The average Bonchev–Trinajstić information content (AvgIpc) is 3.19. The van der Waals surface area contributed by atoms with Gasteiger partial charge in [0.2, 0.25) is 11.8 Å². The molecule has 27 heavy (non-hydrogen) atoms. The van der Waals surface area contributed by atoms with Crippen molar-refractivity contribution in [3.63, 3.8) is 0 Å². The second kappa shape index (κ2) is 8.39. The van der Waals surface area contributed by atoms with Crippen LogP contribution in [0.5, 0.6) is 5.75 Å². The first-order valence-electron chi connectivity index (χ1n) is 8.73. The zero-order chi connectivity index (χ0) is 19.2. The normalized spacial score (nSPS) is 16.6. The zero-order valence-corrected chi connectivity index (χ0v) is 14.9. The summed E-state index contributed by atoms with van der Waals surface area (Å²) in [5, 5.41) is 5.43. The van der Waals surface area contributed by atoms with Gasteiger partial charge in [-0.25, -0.2) is 0 Å². The Kier molecular flexibility index (Phi) is 5.75. The summed E-state index contributed by atoms with van der Waals surface area (Å²) in [6.07, 6.45) is 1.25. The number of furan rings is 1. The number of anilines is 1. The molecule has 0 spiro atoms. The largest absolute Gasteiger partial charge is 0.494 e. The van der Waals surface area contributed by atoms with Crippen LogP contribution in [0.4, 0.5) is 5.69 Å². The van der Waals surface area contributed by atoms with Gasteiger partial charge >= 0.3 is 0 Å². The van der Waals surface area contributed by atoms with E-state index in [2.05, 4.69) is 10.6 Å². The van der Waals surface area contributed by atoms with Gasteiger partial charge in [-0.2, -0.15) is 0 Å². The minimum Gasteiger partial charge on any atom is -0.494 e. The Morgan fingerprint density at radius 3 is 2.74 bits per heavy atom.